The summed E-state index contributed by atoms with van der Waals surface area (Å²) in [5, 5.41) is 0. The number of nitrogens with two attached hydrogens (primary N) is 1. The molecule has 3 nitrogen and oxygen atoms in total. The molecule has 0 radical (unpaired) electrons. The van der Waals surface area contributed by atoms with Gasteiger partial charge in [0.1, 0.15) is 5.75 Å². The predicted molar refractivity (Wildman–Crippen MR) is 66.5 cm³/mol. The smallest absolute Gasteiger partial charge is 0.119 e. The van der Waals surface area contributed by atoms with Gasteiger partial charge in [-0.25, -0.2) is 0 Å². The SMILES string of the molecule is COc1ccc(Br)c(C(N)C2CCOC2)c1. The second kappa shape index (κ2) is 5.17. The van der Waals surface area contributed by atoms with Crippen LogP contribution in [0.5, 0.6) is 5.75 Å². The number of halogens is 1. The van der Waals surface area contributed by atoms with E-state index in [1.807, 2.05) is 18.2 Å². The minimum Gasteiger partial charge on any atom is -0.497 e. The van der Waals surface area contributed by atoms with Gasteiger partial charge in [-0.05, 0) is 30.2 Å². The molecular formula is C12H16BrNO2. The van der Waals surface area contributed by atoms with Crippen molar-refractivity contribution in [2.24, 2.45) is 11.7 Å². The summed E-state index contributed by atoms with van der Waals surface area (Å²) >= 11 is 3.53. The molecule has 2 N–H and O–H groups in total. The van der Waals surface area contributed by atoms with Crippen molar-refractivity contribution in [2.75, 3.05) is 20.3 Å². The van der Waals surface area contributed by atoms with Crippen molar-refractivity contribution in [1.82, 2.24) is 0 Å². The topological polar surface area (TPSA) is 44.5 Å². The van der Waals surface area contributed by atoms with Crippen LogP contribution in [0.3, 0.4) is 0 Å². The van der Waals surface area contributed by atoms with Crippen LogP contribution in [-0.4, -0.2) is 20.3 Å². The molecule has 4 heteroatoms. The highest BCUT2D eigenvalue weighted by atomic mass is 79.9. The maximum atomic E-state index is 6.26. The van der Waals surface area contributed by atoms with Crippen LogP contribution in [0.25, 0.3) is 0 Å². The first-order valence-electron chi connectivity index (χ1n) is 5.39. The van der Waals surface area contributed by atoms with Crippen molar-refractivity contribution < 1.29 is 9.47 Å². The molecule has 16 heavy (non-hydrogen) atoms. The minimum atomic E-state index is 0.00646. The largest absolute Gasteiger partial charge is 0.497 e. The summed E-state index contributed by atoms with van der Waals surface area (Å²) in [6, 6.07) is 5.90. The van der Waals surface area contributed by atoms with Crippen molar-refractivity contribution in [1.29, 1.82) is 0 Å². The van der Waals surface area contributed by atoms with Gasteiger partial charge in [0.25, 0.3) is 0 Å². The fourth-order valence-electron chi connectivity index (χ4n) is 1.99. The molecule has 2 unspecified atom stereocenters. The first-order valence-corrected chi connectivity index (χ1v) is 6.18. The van der Waals surface area contributed by atoms with E-state index in [2.05, 4.69) is 15.9 Å². The molecule has 1 heterocycles. The van der Waals surface area contributed by atoms with E-state index in [1.54, 1.807) is 7.11 Å². The van der Waals surface area contributed by atoms with Crippen LogP contribution >= 0.6 is 15.9 Å². The number of benzene rings is 1. The highest BCUT2D eigenvalue weighted by Gasteiger charge is 2.25. The Morgan fingerprint density at radius 2 is 2.38 bits per heavy atom. The molecule has 0 aromatic heterocycles. The molecule has 0 aliphatic carbocycles. The minimum absolute atomic E-state index is 0.00646. The van der Waals surface area contributed by atoms with Gasteiger partial charge in [-0.15, -0.1) is 0 Å². The summed E-state index contributed by atoms with van der Waals surface area (Å²) in [4.78, 5) is 0. The Balaban J connectivity index is 2.23. The van der Waals surface area contributed by atoms with Crippen molar-refractivity contribution in [3.8, 4) is 5.75 Å². The molecule has 1 aliphatic rings. The maximum absolute atomic E-state index is 6.26. The third kappa shape index (κ3) is 2.39. The van der Waals surface area contributed by atoms with Gasteiger partial charge in [-0.2, -0.15) is 0 Å². The zero-order valence-corrected chi connectivity index (χ0v) is 10.9. The van der Waals surface area contributed by atoms with E-state index in [-0.39, 0.29) is 6.04 Å². The second-order valence-electron chi connectivity index (χ2n) is 4.04. The number of methoxy groups -OCH3 is 1. The summed E-state index contributed by atoms with van der Waals surface area (Å²) in [6.45, 7) is 1.57. The van der Waals surface area contributed by atoms with Gasteiger partial charge in [-0.1, -0.05) is 15.9 Å². The zero-order valence-electron chi connectivity index (χ0n) is 9.28. The van der Waals surface area contributed by atoms with E-state index in [9.17, 15) is 0 Å². The number of ether oxygens (including phenoxy) is 2. The molecule has 1 aromatic rings. The van der Waals surface area contributed by atoms with Crippen molar-refractivity contribution in [3.05, 3.63) is 28.2 Å². The third-order valence-corrected chi connectivity index (χ3v) is 3.76. The summed E-state index contributed by atoms with van der Waals surface area (Å²) in [5.74, 6) is 1.25. The zero-order chi connectivity index (χ0) is 11.5. The molecule has 1 aliphatic heterocycles. The lowest BCUT2D eigenvalue weighted by atomic mass is 9.93. The van der Waals surface area contributed by atoms with Crippen molar-refractivity contribution >= 4 is 15.9 Å². The standard InChI is InChI=1S/C12H16BrNO2/c1-15-9-2-3-11(13)10(6-9)12(14)8-4-5-16-7-8/h2-3,6,8,12H,4-5,7,14H2,1H3. The lowest BCUT2D eigenvalue weighted by Crippen LogP contribution is -2.22. The Bertz CT molecular complexity index is 364. The number of rotatable bonds is 3. The molecule has 1 fully saturated rings. The van der Waals surface area contributed by atoms with E-state index < -0.39 is 0 Å². The highest BCUT2D eigenvalue weighted by molar-refractivity contribution is 9.10. The fourth-order valence-corrected chi connectivity index (χ4v) is 2.51. The third-order valence-electron chi connectivity index (χ3n) is 3.04. The van der Waals surface area contributed by atoms with Gasteiger partial charge in [-0.3, -0.25) is 0 Å². The summed E-state index contributed by atoms with van der Waals surface area (Å²) in [7, 11) is 1.66. The summed E-state index contributed by atoms with van der Waals surface area (Å²) in [6.07, 6.45) is 1.03. The lowest BCUT2D eigenvalue weighted by Gasteiger charge is -2.20. The van der Waals surface area contributed by atoms with Gasteiger partial charge in [0.15, 0.2) is 0 Å². The van der Waals surface area contributed by atoms with Gasteiger partial charge < -0.3 is 15.2 Å². The Morgan fingerprint density at radius 1 is 1.56 bits per heavy atom. The molecule has 2 atom stereocenters. The van der Waals surface area contributed by atoms with E-state index >= 15 is 0 Å². The van der Waals surface area contributed by atoms with Gasteiger partial charge in [0, 0.05) is 23.0 Å². The van der Waals surface area contributed by atoms with E-state index in [0.29, 0.717) is 5.92 Å². The Hall–Kier alpha value is -0.580. The number of hydrogen-bond acceptors (Lipinski definition) is 3. The quantitative estimate of drug-likeness (QED) is 0.928. The summed E-state index contributed by atoms with van der Waals surface area (Å²) < 4.78 is 11.6. The molecule has 0 spiro atoms. The molecule has 0 saturated carbocycles. The first-order chi connectivity index (χ1) is 7.72. The van der Waals surface area contributed by atoms with Crippen molar-refractivity contribution in [2.45, 2.75) is 12.5 Å². The summed E-state index contributed by atoms with van der Waals surface area (Å²) in [5.41, 5.74) is 7.35. The molecule has 1 saturated heterocycles. The number of hydrogen-bond donors (Lipinski definition) is 1. The van der Waals surface area contributed by atoms with Crippen LogP contribution in [-0.2, 0) is 4.74 Å². The second-order valence-corrected chi connectivity index (χ2v) is 4.89. The first kappa shape index (κ1) is 11.9. The van der Waals surface area contributed by atoms with E-state index in [0.717, 1.165) is 35.4 Å². The van der Waals surface area contributed by atoms with Crippen LogP contribution in [0.15, 0.2) is 22.7 Å². The lowest BCUT2D eigenvalue weighted by molar-refractivity contribution is 0.181. The Kier molecular flexibility index (Phi) is 3.84. The molecular weight excluding hydrogens is 270 g/mol. The average Bonchev–Trinajstić information content (AvgIpc) is 2.82. The highest BCUT2D eigenvalue weighted by Crippen LogP contribution is 2.33. The fraction of sp³-hybridized carbons (Fsp3) is 0.500. The van der Waals surface area contributed by atoms with Gasteiger partial charge in [0.05, 0.1) is 13.7 Å². The maximum Gasteiger partial charge on any atom is 0.119 e. The van der Waals surface area contributed by atoms with E-state index in [4.69, 9.17) is 15.2 Å². The van der Waals surface area contributed by atoms with Crippen LogP contribution in [0.1, 0.15) is 18.0 Å². The van der Waals surface area contributed by atoms with Crippen LogP contribution in [0.4, 0.5) is 0 Å². The van der Waals surface area contributed by atoms with E-state index in [1.165, 1.54) is 0 Å². The monoisotopic (exact) mass is 285 g/mol. The molecule has 88 valence electrons. The molecule has 2 rings (SSSR count). The van der Waals surface area contributed by atoms with Gasteiger partial charge in [0.2, 0.25) is 0 Å². The Morgan fingerprint density at radius 3 is 3.00 bits per heavy atom. The van der Waals surface area contributed by atoms with Crippen LogP contribution < -0.4 is 10.5 Å². The Labute approximate surface area is 104 Å². The molecule has 0 bridgehead atoms. The molecule has 1 aromatic carbocycles. The normalized spacial score (nSPS) is 22.1. The van der Waals surface area contributed by atoms with Gasteiger partial charge >= 0.3 is 0 Å². The molecule has 0 amide bonds. The van der Waals surface area contributed by atoms with Crippen molar-refractivity contribution in [3.63, 3.8) is 0 Å². The van der Waals surface area contributed by atoms with Crippen LogP contribution in [0, 0.1) is 5.92 Å². The average molecular weight is 286 g/mol. The predicted octanol–water partition coefficient (Wildman–Crippen LogP) is 2.49. The van der Waals surface area contributed by atoms with Crippen LogP contribution in [0.2, 0.25) is 0 Å².